The molecule has 0 aromatic heterocycles. The Bertz CT molecular complexity index is 450. The fourth-order valence-corrected chi connectivity index (χ4v) is 2.97. The first-order valence-corrected chi connectivity index (χ1v) is 8.14. The Labute approximate surface area is 127 Å². The van der Waals surface area contributed by atoms with Gasteiger partial charge in [0.25, 0.3) is 0 Å². The fraction of sp³-hybridized carbons (Fsp3) is 0.588. The van der Waals surface area contributed by atoms with Crippen molar-refractivity contribution in [2.75, 3.05) is 32.7 Å². The lowest BCUT2D eigenvalue weighted by molar-refractivity contribution is 0.135. The minimum Gasteiger partial charge on any atom is -0.338 e. The van der Waals surface area contributed by atoms with Crippen LogP contribution in [0.4, 0.5) is 4.79 Å². The number of amides is 2. The van der Waals surface area contributed by atoms with Crippen LogP contribution in [0.3, 0.4) is 0 Å². The second-order valence-electron chi connectivity index (χ2n) is 6.08. The number of hydrogen-bond acceptors (Lipinski definition) is 2. The van der Waals surface area contributed by atoms with Crippen LogP contribution in [-0.4, -0.2) is 54.6 Å². The summed E-state index contributed by atoms with van der Waals surface area (Å²) < 4.78 is 0. The molecule has 1 aromatic rings. The molecule has 2 aliphatic rings. The summed E-state index contributed by atoms with van der Waals surface area (Å²) in [6, 6.07) is 11.4. The van der Waals surface area contributed by atoms with Crippen LogP contribution in [0.5, 0.6) is 0 Å². The third kappa shape index (κ3) is 4.21. The summed E-state index contributed by atoms with van der Waals surface area (Å²) in [5, 5.41) is 3.05. The monoisotopic (exact) mass is 287 g/mol. The predicted molar refractivity (Wildman–Crippen MR) is 84.3 cm³/mol. The van der Waals surface area contributed by atoms with Gasteiger partial charge in [-0.3, -0.25) is 4.90 Å². The second kappa shape index (κ2) is 6.94. The van der Waals surface area contributed by atoms with E-state index in [2.05, 4.69) is 34.5 Å². The molecule has 4 heteroatoms. The molecule has 114 valence electrons. The highest BCUT2D eigenvalue weighted by atomic mass is 16.2. The Morgan fingerprint density at radius 3 is 2.48 bits per heavy atom. The van der Waals surface area contributed by atoms with Gasteiger partial charge in [0, 0.05) is 38.8 Å². The third-order valence-electron chi connectivity index (χ3n) is 4.43. The topological polar surface area (TPSA) is 35.6 Å². The van der Waals surface area contributed by atoms with Gasteiger partial charge in [0.05, 0.1) is 0 Å². The van der Waals surface area contributed by atoms with Crippen molar-refractivity contribution in [3.05, 3.63) is 35.9 Å². The lowest BCUT2D eigenvalue weighted by Gasteiger charge is -2.34. The Balaban J connectivity index is 1.31. The molecule has 2 fully saturated rings. The lowest BCUT2D eigenvalue weighted by atomic mass is 10.1. The van der Waals surface area contributed by atoms with E-state index in [4.69, 9.17) is 0 Å². The summed E-state index contributed by atoms with van der Waals surface area (Å²) in [5.74, 6) is 0. The van der Waals surface area contributed by atoms with E-state index < -0.39 is 0 Å². The van der Waals surface area contributed by atoms with E-state index in [1.807, 2.05) is 11.0 Å². The van der Waals surface area contributed by atoms with Crippen molar-refractivity contribution in [3.63, 3.8) is 0 Å². The van der Waals surface area contributed by atoms with E-state index in [1.165, 1.54) is 18.4 Å². The highest BCUT2D eigenvalue weighted by Gasteiger charge is 2.32. The molecule has 0 spiro atoms. The zero-order valence-electron chi connectivity index (χ0n) is 12.6. The average Bonchev–Trinajstić information content (AvgIpc) is 3.37. The van der Waals surface area contributed by atoms with Gasteiger partial charge in [-0.05, 0) is 31.2 Å². The van der Waals surface area contributed by atoms with Gasteiger partial charge in [-0.2, -0.15) is 0 Å². The standard InChI is InChI=1S/C17H25N3O/c21-17(18-10-4-7-15-5-2-1-3-6-15)20-13-11-19(12-14-20)16-8-9-16/h1-3,5-6,16H,4,7-14H2,(H,18,21). The number of hydrogen-bond donors (Lipinski definition) is 1. The summed E-state index contributed by atoms with van der Waals surface area (Å²) in [7, 11) is 0. The minimum atomic E-state index is 0.110. The smallest absolute Gasteiger partial charge is 0.317 e. The number of urea groups is 1. The lowest BCUT2D eigenvalue weighted by Crippen LogP contribution is -2.52. The van der Waals surface area contributed by atoms with E-state index in [1.54, 1.807) is 0 Å². The van der Waals surface area contributed by atoms with Crippen LogP contribution >= 0.6 is 0 Å². The fourth-order valence-electron chi connectivity index (χ4n) is 2.97. The summed E-state index contributed by atoms with van der Waals surface area (Å²) in [6.07, 6.45) is 4.73. The number of carbonyl (C=O) groups is 1. The van der Waals surface area contributed by atoms with E-state index in [0.29, 0.717) is 0 Å². The van der Waals surface area contributed by atoms with Gasteiger partial charge in [0.2, 0.25) is 0 Å². The Kier molecular flexibility index (Phi) is 4.76. The third-order valence-corrected chi connectivity index (χ3v) is 4.43. The van der Waals surface area contributed by atoms with Gasteiger partial charge >= 0.3 is 6.03 Å². The van der Waals surface area contributed by atoms with Crippen molar-refractivity contribution < 1.29 is 4.79 Å². The number of piperazine rings is 1. The van der Waals surface area contributed by atoms with Crippen LogP contribution in [0.25, 0.3) is 0 Å². The highest BCUT2D eigenvalue weighted by Crippen LogP contribution is 2.27. The van der Waals surface area contributed by atoms with Gasteiger partial charge in [-0.1, -0.05) is 30.3 Å². The Morgan fingerprint density at radius 1 is 1.10 bits per heavy atom. The predicted octanol–water partition coefficient (Wildman–Crippen LogP) is 2.11. The molecule has 1 heterocycles. The van der Waals surface area contributed by atoms with Gasteiger partial charge in [0.1, 0.15) is 0 Å². The van der Waals surface area contributed by atoms with Gasteiger partial charge < -0.3 is 10.2 Å². The number of carbonyl (C=O) groups excluding carboxylic acids is 1. The molecule has 3 rings (SSSR count). The van der Waals surface area contributed by atoms with Crippen molar-refractivity contribution in [2.24, 2.45) is 0 Å². The van der Waals surface area contributed by atoms with E-state index in [9.17, 15) is 4.79 Å². The first-order chi connectivity index (χ1) is 10.3. The number of rotatable bonds is 5. The van der Waals surface area contributed by atoms with Crippen LogP contribution in [0.1, 0.15) is 24.8 Å². The molecule has 1 N–H and O–H groups in total. The zero-order valence-corrected chi connectivity index (χ0v) is 12.6. The van der Waals surface area contributed by atoms with Gasteiger partial charge in [-0.25, -0.2) is 4.79 Å². The van der Waals surface area contributed by atoms with Crippen molar-refractivity contribution >= 4 is 6.03 Å². The van der Waals surface area contributed by atoms with E-state index in [-0.39, 0.29) is 6.03 Å². The molecule has 2 amide bonds. The maximum atomic E-state index is 12.1. The van der Waals surface area contributed by atoms with Crippen LogP contribution in [0.2, 0.25) is 0 Å². The Hall–Kier alpha value is -1.55. The van der Waals surface area contributed by atoms with Crippen molar-refractivity contribution in [3.8, 4) is 0 Å². The van der Waals surface area contributed by atoms with Crippen molar-refractivity contribution in [1.29, 1.82) is 0 Å². The summed E-state index contributed by atoms with van der Waals surface area (Å²) in [6.45, 7) is 4.60. The summed E-state index contributed by atoms with van der Waals surface area (Å²) >= 11 is 0. The second-order valence-corrected chi connectivity index (χ2v) is 6.08. The molecule has 0 atom stereocenters. The molecule has 1 aliphatic heterocycles. The summed E-state index contributed by atoms with van der Waals surface area (Å²) in [4.78, 5) is 16.6. The van der Waals surface area contributed by atoms with E-state index in [0.717, 1.165) is 51.6 Å². The van der Waals surface area contributed by atoms with Gasteiger partial charge in [0.15, 0.2) is 0 Å². The molecule has 4 nitrogen and oxygen atoms in total. The quantitative estimate of drug-likeness (QED) is 0.842. The number of nitrogens with one attached hydrogen (secondary N) is 1. The molecular weight excluding hydrogens is 262 g/mol. The van der Waals surface area contributed by atoms with Crippen LogP contribution in [-0.2, 0) is 6.42 Å². The minimum absolute atomic E-state index is 0.110. The molecule has 21 heavy (non-hydrogen) atoms. The maximum absolute atomic E-state index is 12.1. The molecule has 0 radical (unpaired) electrons. The molecule has 1 aliphatic carbocycles. The molecule has 1 aromatic carbocycles. The average molecular weight is 287 g/mol. The van der Waals surface area contributed by atoms with Crippen LogP contribution < -0.4 is 5.32 Å². The van der Waals surface area contributed by atoms with Crippen molar-refractivity contribution in [2.45, 2.75) is 31.7 Å². The van der Waals surface area contributed by atoms with Crippen LogP contribution in [0.15, 0.2) is 30.3 Å². The molecular formula is C17H25N3O. The molecule has 1 saturated carbocycles. The molecule has 0 bridgehead atoms. The molecule has 0 unspecified atom stereocenters. The first kappa shape index (κ1) is 14.4. The maximum Gasteiger partial charge on any atom is 0.317 e. The zero-order chi connectivity index (χ0) is 14.5. The van der Waals surface area contributed by atoms with Crippen molar-refractivity contribution in [1.82, 2.24) is 15.1 Å². The van der Waals surface area contributed by atoms with Crippen LogP contribution in [0, 0.1) is 0 Å². The molecule has 1 saturated heterocycles. The highest BCUT2D eigenvalue weighted by molar-refractivity contribution is 5.74. The summed E-state index contributed by atoms with van der Waals surface area (Å²) in [5.41, 5.74) is 1.34. The first-order valence-electron chi connectivity index (χ1n) is 8.14. The normalized spacial score (nSPS) is 19.5. The number of aryl methyl sites for hydroxylation is 1. The van der Waals surface area contributed by atoms with E-state index >= 15 is 0 Å². The SMILES string of the molecule is O=C(NCCCc1ccccc1)N1CCN(C2CC2)CC1. The number of nitrogens with zero attached hydrogens (tertiary/aromatic N) is 2. The Morgan fingerprint density at radius 2 is 1.81 bits per heavy atom. The largest absolute Gasteiger partial charge is 0.338 e. The van der Waals surface area contributed by atoms with Gasteiger partial charge in [-0.15, -0.1) is 0 Å². The number of benzene rings is 1.